The summed E-state index contributed by atoms with van der Waals surface area (Å²) in [6, 6.07) is 1.68. The van der Waals surface area contributed by atoms with Crippen molar-refractivity contribution in [3.63, 3.8) is 0 Å². The van der Waals surface area contributed by atoms with Crippen molar-refractivity contribution in [2.75, 3.05) is 13.2 Å². The number of rotatable bonds is 4. The van der Waals surface area contributed by atoms with Crippen LogP contribution in [0, 0.1) is 0 Å². The first kappa shape index (κ1) is 14.5. The fourth-order valence-corrected chi connectivity index (χ4v) is 2.31. The Hall–Kier alpha value is -1.89. The number of hydrogen-bond donors (Lipinski definition) is 2. The molecule has 2 heterocycles. The van der Waals surface area contributed by atoms with Crippen molar-refractivity contribution in [3.8, 4) is 0 Å². The van der Waals surface area contributed by atoms with Gasteiger partial charge in [0.2, 0.25) is 0 Å². The molecular formula is C13H19N3O4. The average Bonchev–Trinajstić information content (AvgIpc) is 2.81. The lowest BCUT2D eigenvalue weighted by Crippen LogP contribution is -2.57. The second-order valence-electron chi connectivity index (χ2n) is 4.95. The van der Waals surface area contributed by atoms with E-state index in [9.17, 15) is 14.7 Å². The van der Waals surface area contributed by atoms with Crippen LogP contribution in [0.3, 0.4) is 0 Å². The Balaban J connectivity index is 2.20. The molecule has 0 aromatic carbocycles. The van der Waals surface area contributed by atoms with Gasteiger partial charge in [-0.3, -0.25) is 9.48 Å². The van der Waals surface area contributed by atoms with Crippen molar-refractivity contribution < 1.29 is 19.4 Å². The van der Waals surface area contributed by atoms with Gasteiger partial charge in [-0.05, 0) is 12.5 Å². The second kappa shape index (κ2) is 5.62. The van der Waals surface area contributed by atoms with Crippen LogP contribution in [0.4, 0.5) is 0 Å². The van der Waals surface area contributed by atoms with Crippen LogP contribution in [0.5, 0.6) is 0 Å². The predicted molar refractivity (Wildman–Crippen MR) is 70.5 cm³/mol. The van der Waals surface area contributed by atoms with E-state index in [0.29, 0.717) is 18.9 Å². The van der Waals surface area contributed by atoms with E-state index in [4.69, 9.17) is 4.74 Å². The number of nitrogens with zero attached hydrogens (tertiary/aromatic N) is 2. The molecule has 1 aliphatic heterocycles. The first-order valence-corrected chi connectivity index (χ1v) is 6.65. The van der Waals surface area contributed by atoms with Gasteiger partial charge in [-0.1, -0.05) is 6.92 Å². The van der Waals surface area contributed by atoms with E-state index >= 15 is 0 Å². The summed E-state index contributed by atoms with van der Waals surface area (Å²) >= 11 is 0. The van der Waals surface area contributed by atoms with Crippen LogP contribution in [-0.4, -0.2) is 45.5 Å². The van der Waals surface area contributed by atoms with Crippen LogP contribution < -0.4 is 5.32 Å². The van der Waals surface area contributed by atoms with Crippen LogP contribution in [0.1, 0.15) is 35.9 Å². The summed E-state index contributed by atoms with van der Waals surface area (Å²) in [5.41, 5.74) is -0.0747. The Bertz CT molecular complexity index is 518. The molecule has 1 aromatic heterocycles. The fraction of sp³-hybridized carbons (Fsp3) is 0.615. The summed E-state index contributed by atoms with van der Waals surface area (Å²) in [5, 5.41) is 16.3. The van der Waals surface area contributed by atoms with Crippen LogP contribution in [0.15, 0.2) is 6.07 Å². The van der Waals surface area contributed by atoms with Crippen molar-refractivity contribution >= 4 is 11.9 Å². The number of carboxylic acid groups (broad SMARTS) is 1. The van der Waals surface area contributed by atoms with E-state index < -0.39 is 17.4 Å². The zero-order valence-corrected chi connectivity index (χ0v) is 11.7. The quantitative estimate of drug-likeness (QED) is 0.830. The molecule has 0 radical (unpaired) electrons. The largest absolute Gasteiger partial charge is 0.480 e. The van der Waals surface area contributed by atoms with Crippen LogP contribution in [0.2, 0.25) is 0 Å². The molecule has 1 aliphatic rings. The Labute approximate surface area is 116 Å². The Morgan fingerprint density at radius 1 is 1.50 bits per heavy atom. The predicted octanol–water partition coefficient (Wildman–Crippen LogP) is 0.346. The fourth-order valence-electron chi connectivity index (χ4n) is 2.31. The maximum absolute atomic E-state index is 12.3. The smallest absolute Gasteiger partial charge is 0.329 e. The number of ether oxygens (including phenoxy) is 1. The normalized spacial score (nSPS) is 17.7. The number of aliphatic carboxylic acids is 1. The molecule has 110 valence electrons. The Morgan fingerprint density at radius 2 is 2.15 bits per heavy atom. The van der Waals surface area contributed by atoms with E-state index in [-0.39, 0.29) is 12.8 Å². The number of amides is 1. The molecule has 2 N–H and O–H groups in total. The topological polar surface area (TPSA) is 93.5 Å². The number of aryl methyl sites for hydroxylation is 2. The van der Waals surface area contributed by atoms with Gasteiger partial charge < -0.3 is 15.2 Å². The van der Waals surface area contributed by atoms with E-state index in [1.54, 1.807) is 13.1 Å². The van der Waals surface area contributed by atoms with Crippen molar-refractivity contribution in [1.82, 2.24) is 15.1 Å². The molecular weight excluding hydrogens is 262 g/mol. The van der Waals surface area contributed by atoms with Gasteiger partial charge in [0.15, 0.2) is 0 Å². The van der Waals surface area contributed by atoms with Crippen molar-refractivity contribution in [2.24, 2.45) is 7.05 Å². The molecule has 0 bridgehead atoms. The highest BCUT2D eigenvalue weighted by Crippen LogP contribution is 2.22. The maximum atomic E-state index is 12.3. The SMILES string of the molecule is CCc1cc(C(=O)NC2(C(=O)O)CCOCC2)n(C)n1. The minimum Gasteiger partial charge on any atom is -0.480 e. The van der Waals surface area contributed by atoms with Crippen molar-refractivity contribution in [2.45, 2.75) is 31.7 Å². The zero-order chi connectivity index (χ0) is 14.8. The maximum Gasteiger partial charge on any atom is 0.329 e. The van der Waals surface area contributed by atoms with Gasteiger partial charge in [0.05, 0.1) is 5.69 Å². The molecule has 1 fully saturated rings. The molecule has 0 unspecified atom stereocenters. The zero-order valence-electron chi connectivity index (χ0n) is 11.7. The number of carboxylic acids is 1. The molecule has 0 saturated carbocycles. The second-order valence-corrected chi connectivity index (χ2v) is 4.95. The highest BCUT2D eigenvalue weighted by Gasteiger charge is 2.42. The van der Waals surface area contributed by atoms with Crippen molar-refractivity contribution in [3.05, 3.63) is 17.5 Å². The first-order valence-electron chi connectivity index (χ1n) is 6.65. The molecule has 7 nitrogen and oxygen atoms in total. The van der Waals surface area contributed by atoms with Crippen LogP contribution >= 0.6 is 0 Å². The third-order valence-corrected chi connectivity index (χ3v) is 3.63. The summed E-state index contributed by atoms with van der Waals surface area (Å²) in [7, 11) is 1.67. The number of carbonyl (C=O) groups excluding carboxylic acids is 1. The highest BCUT2D eigenvalue weighted by atomic mass is 16.5. The summed E-state index contributed by atoms with van der Waals surface area (Å²) < 4.78 is 6.65. The molecule has 2 rings (SSSR count). The van der Waals surface area contributed by atoms with E-state index in [0.717, 1.165) is 12.1 Å². The number of aromatic nitrogens is 2. The Kier molecular flexibility index (Phi) is 4.08. The van der Waals surface area contributed by atoms with Crippen LogP contribution in [0.25, 0.3) is 0 Å². The standard InChI is InChI=1S/C13H19N3O4/c1-3-9-8-10(16(2)15-9)11(17)14-13(12(18)19)4-6-20-7-5-13/h8H,3-7H2,1-2H3,(H,14,17)(H,18,19). The molecule has 0 aliphatic carbocycles. The molecule has 1 amide bonds. The average molecular weight is 281 g/mol. The van der Waals surface area contributed by atoms with Gasteiger partial charge in [-0.2, -0.15) is 5.10 Å². The van der Waals surface area contributed by atoms with E-state index in [1.807, 2.05) is 6.92 Å². The number of nitrogens with one attached hydrogen (secondary N) is 1. The molecule has 0 spiro atoms. The monoisotopic (exact) mass is 281 g/mol. The number of hydrogen-bond acceptors (Lipinski definition) is 4. The van der Waals surface area contributed by atoms with Gasteiger partial charge in [-0.15, -0.1) is 0 Å². The van der Waals surface area contributed by atoms with Gasteiger partial charge in [0, 0.05) is 33.1 Å². The third-order valence-electron chi connectivity index (χ3n) is 3.63. The number of carbonyl (C=O) groups is 2. The molecule has 1 saturated heterocycles. The lowest BCUT2D eigenvalue weighted by Gasteiger charge is -2.33. The van der Waals surface area contributed by atoms with E-state index in [2.05, 4.69) is 10.4 Å². The van der Waals surface area contributed by atoms with Crippen molar-refractivity contribution in [1.29, 1.82) is 0 Å². The highest BCUT2D eigenvalue weighted by molar-refractivity contribution is 5.96. The molecule has 1 aromatic rings. The molecule has 20 heavy (non-hydrogen) atoms. The van der Waals surface area contributed by atoms with Gasteiger partial charge in [-0.25, -0.2) is 4.79 Å². The molecule has 0 atom stereocenters. The van der Waals surface area contributed by atoms with Gasteiger partial charge in [0.25, 0.3) is 5.91 Å². The summed E-state index contributed by atoms with van der Waals surface area (Å²) in [4.78, 5) is 23.8. The summed E-state index contributed by atoms with van der Waals surface area (Å²) in [6.07, 6.45) is 1.26. The minimum absolute atomic E-state index is 0.270. The third kappa shape index (κ3) is 2.67. The summed E-state index contributed by atoms with van der Waals surface area (Å²) in [5.74, 6) is -1.43. The first-order chi connectivity index (χ1) is 9.48. The van der Waals surface area contributed by atoms with E-state index in [1.165, 1.54) is 4.68 Å². The molecule has 7 heteroatoms. The van der Waals surface area contributed by atoms with Gasteiger partial charge >= 0.3 is 5.97 Å². The van der Waals surface area contributed by atoms with Crippen LogP contribution in [-0.2, 0) is 23.0 Å². The Morgan fingerprint density at radius 3 is 2.65 bits per heavy atom. The minimum atomic E-state index is -1.24. The lowest BCUT2D eigenvalue weighted by atomic mass is 9.90. The summed E-state index contributed by atoms with van der Waals surface area (Å²) in [6.45, 7) is 2.61. The van der Waals surface area contributed by atoms with Gasteiger partial charge in [0.1, 0.15) is 11.2 Å². The lowest BCUT2D eigenvalue weighted by molar-refractivity contribution is -0.148.